The van der Waals surface area contributed by atoms with E-state index in [4.69, 9.17) is 5.84 Å². The predicted octanol–water partition coefficient (Wildman–Crippen LogP) is 2.65. The van der Waals surface area contributed by atoms with E-state index in [-0.39, 0.29) is 0 Å². The minimum atomic E-state index is 0.568. The number of hydrogen-bond acceptors (Lipinski definition) is 6. The largest absolute Gasteiger partial charge is 0.308 e. The van der Waals surface area contributed by atoms with E-state index >= 15 is 0 Å². The lowest BCUT2D eigenvalue weighted by molar-refractivity contribution is 0.768. The highest BCUT2D eigenvalue weighted by molar-refractivity contribution is 9.11. The Kier molecular flexibility index (Phi) is 3.51. The van der Waals surface area contributed by atoms with Crippen LogP contribution in [-0.4, -0.2) is 19.7 Å². The van der Waals surface area contributed by atoms with Crippen LogP contribution in [0.25, 0.3) is 22.0 Å². The number of aromatic nitrogens is 4. The van der Waals surface area contributed by atoms with Gasteiger partial charge >= 0.3 is 0 Å². The molecule has 6 nitrogen and oxygen atoms in total. The maximum Gasteiger partial charge on any atom is 0.172 e. The lowest BCUT2D eigenvalue weighted by Gasteiger charge is -2.05. The molecule has 0 spiro atoms. The molecule has 0 unspecified atom stereocenters. The number of hydrazine groups is 1. The summed E-state index contributed by atoms with van der Waals surface area (Å²) in [5.41, 5.74) is 4.27. The van der Waals surface area contributed by atoms with E-state index in [9.17, 15) is 0 Å². The molecule has 3 aromatic rings. The lowest BCUT2D eigenvalue weighted by Crippen LogP contribution is -2.09. The molecule has 0 aliphatic carbocycles. The zero-order chi connectivity index (χ0) is 14.1. The second-order valence-electron chi connectivity index (χ2n) is 4.11. The lowest BCUT2D eigenvalue weighted by atomic mass is 10.2. The molecule has 3 rings (SSSR count). The van der Waals surface area contributed by atoms with Gasteiger partial charge in [-0.05, 0) is 28.1 Å². The highest BCUT2D eigenvalue weighted by atomic mass is 79.9. The highest BCUT2D eigenvalue weighted by Gasteiger charge is 2.11. The minimum Gasteiger partial charge on any atom is -0.308 e. The van der Waals surface area contributed by atoms with Crippen LogP contribution in [0, 0.1) is 0 Å². The zero-order valence-electron chi connectivity index (χ0n) is 10.5. The minimum absolute atomic E-state index is 0.568. The Morgan fingerprint density at radius 2 is 2.20 bits per heavy atom. The predicted molar refractivity (Wildman–Crippen MR) is 83.1 cm³/mol. The van der Waals surface area contributed by atoms with Crippen molar-refractivity contribution in [3.05, 3.63) is 34.4 Å². The Balaban J connectivity index is 2.12. The van der Waals surface area contributed by atoms with Crippen LogP contribution in [-0.2, 0) is 7.05 Å². The molecule has 0 saturated heterocycles. The smallest absolute Gasteiger partial charge is 0.172 e. The first kappa shape index (κ1) is 13.2. The Labute approximate surface area is 127 Å². The number of hydrogen-bond donors (Lipinski definition) is 2. The van der Waals surface area contributed by atoms with E-state index in [1.54, 1.807) is 28.3 Å². The van der Waals surface area contributed by atoms with Crippen molar-refractivity contribution >= 4 is 33.1 Å². The maximum atomic E-state index is 5.49. The average molecular weight is 351 g/mol. The second-order valence-corrected chi connectivity index (χ2v) is 6.58. The van der Waals surface area contributed by atoms with Crippen molar-refractivity contribution in [3.63, 3.8) is 0 Å². The van der Waals surface area contributed by atoms with Gasteiger partial charge in [-0.1, -0.05) is 0 Å². The Hall–Kier alpha value is -1.77. The first-order valence-electron chi connectivity index (χ1n) is 5.76. The van der Waals surface area contributed by atoms with Crippen LogP contribution in [0.5, 0.6) is 0 Å². The number of aryl methyl sites for hydroxylation is 1. The Bertz CT molecular complexity index is 691. The first-order valence-corrected chi connectivity index (χ1v) is 7.37. The maximum absolute atomic E-state index is 5.49. The van der Waals surface area contributed by atoms with Gasteiger partial charge in [0.1, 0.15) is 5.82 Å². The fourth-order valence-corrected chi connectivity index (χ4v) is 3.09. The summed E-state index contributed by atoms with van der Waals surface area (Å²) < 4.78 is 2.76. The molecule has 0 atom stereocenters. The molecule has 3 N–H and O–H groups in total. The number of thiophene rings is 1. The van der Waals surface area contributed by atoms with Crippen molar-refractivity contribution in [2.75, 3.05) is 5.43 Å². The summed E-state index contributed by atoms with van der Waals surface area (Å²) in [5, 5.41) is 4.15. The summed E-state index contributed by atoms with van der Waals surface area (Å²) in [6, 6.07) is 5.73. The summed E-state index contributed by atoms with van der Waals surface area (Å²) in [5.74, 6) is 6.69. The fourth-order valence-electron chi connectivity index (χ4n) is 1.77. The van der Waals surface area contributed by atoms with Crippen LogP contribution in [0.4, 0.5) is 5.82 Å². The Morgan fingerprint density at radius 3 is 2.80 bits per heavy atom. The third kappa shape index (κ3) is 2.58. The molecule has 3 aromatic heterocycles. The molecule has 0 amide bonds. The molecular weight excluding hydrogens is 340 g/mol. The van der Waals surface area contributed by atoms with Gasteiger partial charge in [-0.25, -0.2) is 15.8 Å². The SMILES string of the molecule is Cn1cc(-c2cc(NN)nc(-c3ccc(Br)s3)n2)cn1. The van der Waals surface area contributed by atoms with Crippen molar-refractivity contribution in [2.45, 2.75) is 0 Å². The van der Waals surface area contributed by atoms with Gasteiger partial charge in [0.25, 0.3) is 0 Å². The van der Waals surface area contributed by atoms with Crippen LogP contribution < -0.4 is 11.3 Å². The summed E-state index contributed by atoms with van der Waals surface area (Å²) in [6.45, 7) is 0. The quantitative estimate of drug-likeness (QED) is 0.560. The molecule has 0 aromatic carbocycles. The van der Waals surface area contributed by atoms with Crippen LogP contribution in [0.1, 0.15) is 0 Å². The van der Waals surface area contributed by atoms with Crippen LogP contribution in [0.15, 0.2) is 34.4 Å². The number of nitrogens with one attached hydrogen (secondary N) is 1. The monoisotopic (exact) mass is 350 g/mol. The third-order valence-electron chi connectivity index (χ3n) is 2.67. The van der Waals surface area contributed by atoms with Gasteiger partial charge in [-0.3, -0.25) is 4.68 Å². The Morgan fingerprint density at radius 1 is 1.35 bits per heavy atom. The molecule has 20 heavy (non-hydrogen) atoms. The van der Waals surface area contributed by atoms with Gasteiger partial charge in [0.15, 0.2) is 5.82 Å². The number of nitrogens with two attached hydrogens (primary N) is 1. The van der Waals surface area contributed by atoms with Crippen molar-refractivity contribution in [3.8, 4) is 22.0 Å². The molecular formula is C12H11BrN6S. The fraction of sp³-hybridized carbons (Fsp3) is 0.0833. The average Bonchev–Trinajstić information content (AvgIpc) is 3.07. The highest BCUT2D eigenvalue weighted by Crippen LogP contribution is 2.31. The van der Waals surface area contributed by atoms with Crippen molar-refractivity contribution in [1.82, 2.24) is 19.7 Å². The zero-order valence-corrected chi connectivity index (χ0v) is 12.9. The first-order chi connectivity index (χ1) is 9.65. The topological polar surface area (TPSA) is 81.7 Å². The van der Waals surface area contributed by atoms with Gasteiger partial charge in [-0.15, -0.1) is 11.3 Å². The summed E-state index contributed by atoms with van der Waals surface area (Å²) in [7, 11) is 1.87. The number of halogens is 1. The normalized spacial score (nSPS) is 10.8. The number of nitrogen functional groups attached to an aromatic ring is 1. The van der Waals surface area contributed by atoms with Crippen LogP contribution in [0.2, 0.25) is 0 Å². The van der Waals surface area contributed by atoms with E-state index in [0.717, 1.165) is 19.9 Å². The second kappa shape index (κ2) is 5.31. The van der Waals surface area contributed by atoms with Gasteiger partial charge < -0.3 is 5.43 Å². The van der Waals surface area contributed by atoms with Crippen LogP contribution >= 0.6 is 27.3 Å². The van der Waals surface area contributed by atoms with Crippen molar-refractivity contribution in [2.24, 2.45) is 12.9 Å². The summed E-state index contributed by atoms with van der Waals surface area (Å²) >= 11 is 5.01. The van der Waals surface area contributed by atoms with E-state index in [1.807, 2.05) is 25.4 Å². The molecule has 8 heteroatoms. The number of rotatable bonds is 3. The van der Waals surface area contributed by atoms with E-state index in [0.29, 0.717) is 11.6 Å². The summed E-state index contributed by atoms with van der Waals surface area (Å²) in [4.78, 5) is 9.93. The number of anilines is 1. The summed E-state index contributed by atoms with van der Waals surface area (Å²) in [6.07, 6.45) is 3.66. The molecule has 102 valence electrons. The van der Waals surface area contributed by atoms with Crippen molar-refractivity contribution < 1.29 is 0 Å². The molecule has 3 heterocycles. The third-order valence-corrected chi connectivity index (χ3v) is 4.29. The standard InChI is InChI=1S/C12H11BrN6S/c1-19-6-7(5-15-19)8-4-11(18-14)17-12(16-8)9-2-3-10(13)20-9/h2-6H,14H2,1H3,(H,16,17,18). The molecule has 0 radical (unpaired) electrons. The van der Waals surface area contributed by atoms with Gasteiger partial charge in [0.2, 0.25) is 0 Å². The van der Waals surface area contributed by atoms with Crippen molar-refractivity contribution in [1.29, 1.82) is 0 Å². The number of nitrogens with zero attached hydrogens (tertiary/aromatic N) is 4. The molecule has 0 bridgehead atoms. The molecule has 0 saturated carbocycles. The van der Waals surface area contributed by atoms with Gasteiger partial charge in [0, 0.05) is 24.9 Å². The van der Waals surface area contributed by atoms with Gasteiger partial charge in [0.05, 0.1) is 20.6 Å². The molecule has 0 aliphatic heterocycles. The molecule has 0 fully saturated rings. The van der Waals surface area contributed by atoms with E-state index in [1.165, 1.54) is 0 Å². The van der Waals surface area contributed by atoms with E-state index < -0.39 is 0 Å². The van der Waals surface area contributed by atoms with Gasteiger partial charge in [-0.2, -0.15) is 5.10 Å². The molecule has 0 aliphatic rings. The van der Waals surface area contributed by atoms with E-state index in [2.05, 4.69) is 36.4 Å². The van der Waals surface area contributed by atoms with Crippen LogP contribution in [0.3, 0.4) is 0 Å².